The molecule has 0 aliphatic carbocycles. The lowest BCUT2D eigenvalue weighted by Crippen LogP contribution is -2.09. The SMILES string of the molecule is Cc1cccc(C)c1COc1cc(F)ccc1[C@H](C)N. The Hall–Kier alpha value is -1.87. The number of hydrogen-bond donors (Lipinski definition) is 1. The van der Waals surface area contributed by atoms with Gasteiger partial charge in [0.15, 0.2) is 0 Å². The molecule has 0 heterocycles. The summed E-state index contributed by atoms with van der Waals surface area (Å²) in [6.07, 6.45) is 0. The first-order valence-corrected chi connectivity index (χ1v) is 6.72. The second-order valence-corrected chi connectivity index (χ2v) is 5.13. The monoisotopic (exact) mass is 273 g/mol. The Balaban J connectivity index is 2.25. The van der Waals surface area contributed by atoms with Crippen molar-refractivity contribution < 1.29 is 9.13 Å². The van der Waals surface area contributed by atoms with Gasteiger partial charge in [-0.15, -0.1) is 0 Å². The second kappa shape index (κ2) is 6.06. The van der Waals surface area contributed by atoms with Crippen LogP contribution in [0.5, 0.6) is 5.75 Å². The highest BCUT2D eigenvalue weighted by Crippen LogP contribution is 2.26. The number of hydrogen-bond acceptors (Lipinski definition) is 2. The summed E-state index contributed by atoms with van der Waals surface area (Å²) in [6.45, 7) is 6.37. The van der Waals surface area contributed by atoms with E-state index in [-0.39, 0.29) is 11.9 Å². The third kappa shape index (κ3) is 3.17. The summed E-state index contributed by atoms with van der Waals surface area (Å²) in [5, 5.41) is 0. The van der Waals surface area contributed by atoms with Crippen LogP contribution in [0.1, 0.15) is 35.2 Å². The van der Waals surface area contributed by atoms with Crippen molar-refractivity contribution >= 4 is 0 Å². The van der Waals surface area contributed by atoms with Gasteiger partial charge in [0.05, 0.1) is 0 Å². The van der Waals surface area contributed by atoms with Crippen molar-refractivity contribution in [1.82, 2.24) is 0 Å². The first-order valence-electron chi connectivity index (χ1n) is 6.72. The van der Waals surface area contributed by atoms with Crippen LogP contribution in [0.3, 0.4) is 0 Å². The van der Waals surface area contributed by atoms with Crippen LogP contribution in [0.2, 0.25) is 0 Å². The fourth-order valence-corrected chi connectivity index (χ4v) is 2.24. The summed E-state index contributed by atoms with van der Waals surface area (Å²) in [5.41, 5.74) is 10.2. The molecule has 106 valence electrons. The van der Waals surface area contributed by atoms with Crippen LogP contribution in [-0.2, 0) is 6.61 Å². The fourth-order valence-electron chi connectivity index (χ4n) is 2.24. The first kappa shape index (κ1) is 14.5. The van der Waals surface area contributed by atoms with Gasteiger partial charge < -0.3 is 10.5 Å². The minimum absolute atomic E-state index is 0.191. The lowest BCUT2D eigenvalue weighted by atomic mass is 10.0. The van der Waals surface area contributed by atoms with Gasteiger partial charge in [-0.05, 0) is 43.5 Å². The minimum atomic E-state index is -0.314. The molecule has 2 N–H and O–H groups in total. The Bertz CT molecular complexity index is 588. The zero-order valence-corrected chi connectivity index (χ0v) is 12.1. The van der Waals surface area contributed by atoms with Crippen LogP contribution in [0.15, 0.2) is 36.4 Å². The van der Waals surface area contributed by atoms with Gasteiger partial charge in [0.1, 0.15) is 18.2 Å². The largest absolute Gasteiger partial charge is 0.488 e. The van der Waals surface area contributed by atoms with Crippen LogP contribution < -0.4 is 10.5 Å². The number of rotatable bonds is 4. The van der Waals surface area contributed by atoms with Gasteiger partial charge in [0.2, 0.25) is 0 Å². The number of benzene rings is 2. The molecule has 2 rings (SSSR count). The number of nitrogens with two attached hydrogens (primary N) is 1. The predicted molar refractivity (Wildman–Crippen MR) is 79.3 cm³/mol. The van der Waals surface area contributed by atoms with Gasteiger partial charge in [0.25, 0.3) is 0 Å². The number of ether oxygens (including phenoxy) is 1. The molecule has 0 aliphatic rings. The third-order valence-corrected chi connectivity index (χ3v) is 3.48. The van der Waals surface area contributed by atoms with E-state index in [9.17, 15) is 4.39 Å². The highest BCUT2D eigenvalue weighted by atomic mass is 19.1. The molecular formula is C17H20FNO. The van der Waals surface area contributed by atoms with E-state index < -0.39 is 0 Å². The highest BCUT2D eigenvalue weighted by Gasteiger charge is 2.11. The molecule has 2 aromatic carbocycles. The van der Waals surface area contributed by atoms with E-state index in [0.29, 0.717) is 12.4 Å². The van der Waals surface area contributed by atoms with Crippen molar-refractivity contribution in [1.29, 1.82) is 0 Å². The van der Waals surface area contributed by atoms with E-state index in [1.165, 1.54) is 23.3 Å². The number of aryl methyl sites for hydroxylation is 2. The van der Waals surface area contributed by atoms with Crippen LogP contribution in [0.4, 0.5) is 4.39 Å². The molecule has 0 aliphatic heterocycles. The van der Waals surface area contributed by atoms with Gasteiger partial charge in [-0.2, -0.15) is 0 Å². The third-order valence-electron chi connectivity index (χ3n) is 3.48. The van der Waals surface area contributed by atoms with Gasteiger partial charge in [-0.1, -0.05) is 24.3 Å². The van der Waals surface area contributed by atoms with Gasteiger partial charge in [0, 0.05) is 17.7 Å². The lowest BCUT2D eigenvalue weighted by Gasteiger charge is -2.16. The maximum Gasteiger partial charge on any atom is 0.127 e. The molecule has 0 fully saturated rings. The van der Waals surface area contributed by atoms with Gasteiger partial charge >= 0.3 is 0 Å². The average Bonchev–Trinajstić information content (AvgIpc) is 2.37. The van der Waals surface area contributed by atoms with Crippen molar-refractivity contribution in [2.45, 2.75) is 33.4 Å². The molecule has 0 saturated heterocycles. The van der Waals surface area contributed by atoms with Crippen LogP contribution >= 0.6 is 0 Å². The van der Waals surface area contributed by atoms with Crippen molar-refractivity contribution in [3.8, 4) is 5.75 Å². The zero-order chi connectivity index (χ0) is 14.7. The van der Waals surface area contributed by atoms with E-state index in [1.807, 2.05) is 39.0 Å². The van der Waals surface area contributed by atoms with E-state index in [4.69, 9.17) is 10.5 Å². The minimum Gasteiger partial charge on any atom is -0.488 e. The van der Waals surface area contributed by atoms with E-state index in [2.05, 4.69) is 0 Å². The zero-order valence-electron chi connectivity index (χ0n) is 12.1. The molecule has 3 heteroatoms. The lowest BCUT2D eigenvalue weighted by molar-refractivity contribution is 0.298. The smallest absolute Gasteiger partial charge is 0.127 e. The Morgan fingerprint density at radius 3 is 2.40 bits per heavy atom. The molecule has 0 saturated carbocycles. The Morgan fingerprint density at radius 1 is 1.15 bits per heavy atom. The van der Waals surface area contributed by atoms with Crippen molar-refractivity contribution in [3.63, 3.8) is 0 Å². The standard InChI is InChI=1S/C17H20FNO/c1-11-5-4-6-12(2)16(11)10-20-17-9-14(18)7-8-15(17)13(3)19/h4-9,13H,10,19H2,1-3H3/t13-/m0/s1. The summed E-state index contributed by atoms with van der Waals surface area (Å²) >= 11 is 0. The molecule has 0 aromatic heterocycles. The summed E-state index contributed by atoms with van der Waals surface area (Å²) < 4.78 is 19.2. The quantitative estimate of drug-likeness (QED) is 0.912. The van der Waals surface area contributed by atoms with Crippen LogP contribution in [-0.4, -0.2) is 0 Å². The maximum absolute atomic E-state index is 13.4. The molecule has 20 heavy (non-hydrogen) atoms. The molecule has 0 bridgehead atoms. The fraction of sp³-hybridized carbons (Fsp3) is 0.294. The molecule has 1 atom stereocenters. The van der Waals surface area contributed by atoms with Crippen LogP contribution in [0, 0.1) is 19.7 Å². The summed E-state index contributed by atoms with van der Waals surface area (Å²) in [4.78, 5) is 0. The number of halogens is 1. The molecule has 0 amide bonds. The van der Waals surface area contributed by atoms with Gasteiger partial charge in [-0.25, -0.2) is 4.39 Å². The summed E-state index contributed by atoms with van der Waals surface area (Å²) in [6, 6.07) is 10.4. The molecule has 0 unspecified atom stereocenters. The summed E-state index contributed by atoms with van der Waals surface area (Å²) in [5.74, 6) is 0.202. The van der Waals surface area contributed by atoms with Crippen molar-refractivity contribution in [2.75, 3.05) is 0 Å². The molecular weight excluding hydrogens is 253 g/mol. The van der Waals surface area contributed by atoms with Crippen LogP contribution in [0.25, 0.3) is 0 Å². The molecule has 2 nitrogen and oxygen atoms in total. The van der Waals surface area contributed by atoms with E-state index in [1.54, 1.807) is 6.07 Å². The Kier molecular flexibility index (Phi) is 4.40. The first-order chi connectivity index (χ1) is 9.49. The molecule has 0 spiro atoms. The highest BCUT2D eigenvalue weighted by molar-refractivity contribution is 5.38. The normalized spacial score (nSPS) is 12.2. The van der Waals surface area contributed by atoms with E-state index in [0.717, 1.165) is 11.1 Å². The maximum atomic E-state index is 13.4. The Labute approximate surface area is 119 Å². The molecule has 2 aromatic rings. The van der Waals surface area contributed by atoms with Crippen molar-refractivity contribution in [3.05, 3.63) is 64.5 Å². The summed E-state index contributed by atoms with van der Waals surface area (Å²) in [7, 11) is 0. The topological polar surface area (TPSA) is 35.2 Å². The second-order valence-electron chi connectivity index (χ2n) is 5.13. The Morgan fingerprint density at radius 2 is 1.80 bits per heavy atom. The molecule has 0 radical (unpaired) electrons. The predicted octanol–water partition coefficient (Wildman–Crippen LogP) is 4.04. The average molecular weight is 273 g/mol. The van der Waals surface area contributed by atoms with Gasteiger partial charge in [-0.3, -0.25) is 0 Å². The van der Waals surface area contributed by atoms with Crippen molar-refractivity contribution in [2.24, 2.45) is 5.73 Å². The van der Waals surface area contributed by atoms with E-state index >= 15 is 0 Å².